The first kappa shape index (κ1) is 22.7. The number of fused-ring (bicyclic) bond motifs is 2. The van der Waals surface area contributed by atoms with Crippen molar-refractivity contribution in [1.82, 2.24) is 15.1 Å². The summed E-state index contributed by atoms with van der Waals surface area (Å²) in [6, 6.07) is 26.6. The Morgan fingerprint density at radius 1 is 0.919 bits per heavy atom. The van der Waals surface area contributed by atoms with Crippen molar-refractivity contribution in [2.24, 2.45) is 4.99 Å². The summed E-state index contributed by atoms with van der Waals surface area (Å²) in [5.74, 6) is -0.477. The van der Waals surface area contributed by atoms with Gasteiger partial charge in [0.1, 0.15) is 11.3 Å². The summed E-state index contributed by atoms with van der Waals surface area (Å²) in [6.07, 6.45) is 0.622. The largest absolute Gasteiger partial charge is 0.477 e. The number of amides is 2. The van der Waals surface area contributed by atoms with E-state index in [0.717, 1.165) is 29.5 Å². The van der Waals surface area contributed by atoms with Crippen LogP contribution in [0.2, 0.25) is 0 Å². The van der Waals surface area contributed by atoms with Crippen molar-refractivity contribution < 1.29 is 14.3 Å². The molecular weight excluding hydrogens is 466 g/mol. The monoisotopic (exact) mass is 491 g/mol. The van der Waals surface area contributed by atoms with Crippen LogP contribution in [0.1, 0.15) is 34.3 Å². The van der Waals surface area contributed by atoms with E-state index in [0.29, 0.717) is 41.7 Å². The predicted octanol–water partition coefficient (Wildman–Crippen LogP) is 4.27. The molecule has 1 aromatic heterocycles. The summed E-state index contributed by atoms with van der Waals surface area (Å²) in [4.78, 5) is 31.9. The molecule has 8 heteroatoms. The van der Waals surface area contributed by atoms with Gasteiger partial charge in [-0.2, -0.15) is 5.10 Å². The zero-order chi connectivity index (χ0) is 25.2. The summed E-state index contributed by atoms with van der Waals surface area (Å²) in [6.45, 7) is 1.15. The molecule has 2 amide bonds. The van der Waals surface area contributed by atoms with Gasteiger partial charge in [0, 0.05) is 23.2 Å². The number of hydrogen-bond donors (Lipinski definition) is 2. The Balaban J connectivity index is 1.42. The molecule has 1 atom stereocenters. The van der Waals surface area contributed by atoms with Crippen molar-refractivity contribution in [2.45, 2.75) is 25.6 Å². The van der Waals surface area contributed by atoms with Gasteiger partial charge >= 0.3 is 0 Å². The van der Waals surface area contributed by atoms with Gasteiger partial charge < -0.3 is 15.4 Å². The molecule has 2 aliphatic rings. The molecule has 0 unspecified atom stereocenters. The third-order valence-corrected chi connectivity index (χ3v) is 6.44. The van der Waals surface area contributed by atoms with Gasteiger partial charge in [-0.1, -0.05) is 78.9 Å². The second kappa shape index (κ2) is 9.73. The van der Waals surface area contributed by atoms with E-state index in [1.807, 2.05) is 84.9 Å². The van der Waals surface area contributed by atoms with Gasteiger partial charge in [-0.3, -0.25) is 9.59 Å². The Bertz CT molecular complexity index is 1490. The number of para-hydroxylation sites is 1. The summed E-state index contributed by atoms with van der Waals surface area (Å²) >= 11 is 0. The molecule has 0 saturated carbocycles. The van der Waals surface area contributed by atoms with Crippen LogP contribution in [-0.2, 0) is 11.3 Å². The summed E-state index contributed by atoms with van der Waals surface area (Å²) < 4.78 is 7.73. The molecule has 4 aromatic rings. The molecule has 3 heterocycles. The lowest BCUT2D eigenvalue weighted by molar-refractivity contribution is -0.117. The van der Waals surface area contributed by atoms with E-state index in [-0.39, 0.29) is 0 Å². The van der Waals surface area contributed by atoms with Gasteiger partial charge in [-0.05, 0) is 18.9 Å². The number of nitrogens with zero attached hydrogens (tertiary/aromatic N) is 3. The Hall–Kier alpha value is -4.72. The Labute approximate surface area is 214 Å². The highest BCUT2D eigenvalue weighted by Crippen LogP contribution is 2.33. The molecule has 2 aliphatic heterocycles. The van der Waals surface area contributed by atoms with Crippen LogP contribution in [-0.4, -0.2) is 40.1 Å². The molecule has 6 rings (SSSR count). The number of hydrogen-bond acceptors (Lipinski definition) is 5. The molecule has 0 saturated heterocycles. The van der Waals surface area contributed by atoms with Crippen molar-refractivity contribution >= 4 is 23.2 Å². The smallest absolute Gasteiger partial charge is 0.269 e. The Kier molecular flexibility index (Phi) is 5.98. The van der Waals surface area contributed by atoms with Crippen molar-refractivity contribution in [3.05, 3.63) is 102 Å². The maximum atomic E-state index is 13.8. The molecule has 8 nitrogen and oxygen atoms in total. The number of carbonyl (C=O) groups is 2. The van der Waals surface area contributed by atoms with Gasteiger partial charge in [0.2, 0.25) is 12.0 Å². The average molecular weight is 492 g/mol. The number of benzene rings is 3. The topological polar surface area (TPSA) is 97.6 Å². The lowest BCUT2D eigenvalue weighted by atomic mass is 10.0. The standard InChI is InChI=1S/C29H25N5O3/c35-27(23-25(20-13-5-2-6-14-20)33-34-17-9-10-18-37-29(23)34)32-26-28(36)30-22-16-8-7-15-21(22)24(31-26)19-11-3-1-4-12-19/h1-8,11-16,26H,9-10,17-18H2,(H,30,36)(H,32,35)/t26-/m1/s1. The maximum absolute atomic E-state index is 13.8. The maximum Gasteiger partial charge on any atom is 0.269 e. The minimum Gasteiger partial charge on any atom is -0.477 e. The molecule has 0 radical (unpaired) electrons. The Morgan fingerprint density at radius 3 is 2.41 bits per heavy atom. The predicted molar refractivity (Wildman–Crippen MR) is 141 cm³/mol. The van der Waals surface area contributed by atoms with Crippen molar-refractivity contribution in [3.8, 4) is 17.1 Å². The summed E-state index contributed by atoms with van der Waals surface area (Å²) in [5, 5.41) is 10.5. The van der Waals surface area contributed by atoms with Crippen LogP contribution < -0.4 is 15.4 Å². The minimum atomic E-state index is -1.15. The first-order valence-electron chi connectivity index (χ1n) is 12.3. The zero-order valence-electron chi connectivity index (χ0n) is 20.1. The number of ether oxygens (including phenoxy) is 1. The van der Waals surface area contributed by atoms with E-state index in [9.17, 15) is 9.59 Å². The quantitative estimate of drug-likeness (QED) is 0.446. The molecule has 3 aromatic carbocycles. The van der Waals surface area contributed by atoms with E-state index >= 15 is 0 Å². The highest BCUT2D eigenvalue weighted by Gasteiger charge is 2.32. The lowest BCUT2D eigenvalue weighted by Crippen LogP contribution is -2.42. The van der Waals surface area contributed by atoms with Crippen LogP contribution in [0.25, 0.3) is 11.3 Å². The Morgan fingerprint density at radius 2 is 1.62 bits per heavy atom. The van der Waals surface area contributed by atoms with Gasteiger partial charge in [0.05, 0.1) is 18.0 Å². The second-order valence-corrected chi connectivity index (χ2v) is 8.93. The molecule has 0 aliphatic carbocycles. The van der Waals surface area contributed by atoms with E-state index in [2.05, 4.69) is 10.6 Å². The second-order valence-electron chi connectivity index (χ2n) is 8.93. The highest BCUT2D eigenvalue weighted by atomic mass is 16.5. The van der Waals surface area contributed by atoms with Crippen LogP contribution in [0.15, 0.2) is 89.9 Å². The summed E-state index contributed by atoms with van der Waals surface area (Å²) in [5.41, 5.74) is 4.50. The molecule has 37 heavy (non-hydrogen) atoms. The normalized spacial score (nSPS) is 16.7. The van der Waals surface area contributed by atoms with Gasteiger partial charge in [0.15, 0.2) is 0 Å². The van der Waals surface area contributed by atoms with E-state index in [4.69, 9.17) is 14.8 Å². The molecule has 0 fully saturated rings. The SMILES string of the molecule is O=C(N[C@H]1N=C(c2ccccc2)c2ccccc2NC1=O)c1c(-c2ccccc2)nn2c1OCCCC2. The van der Waals surface area contributed by atoms with Crippen molar-refractivity contribution in [1.29, 1.82) is 0 Å². The van der Waals surface area contributed by atoms with Crippen LogP contribution in [0, 0.1) is 0 Å². The van der Waals surface area contributed by atoms with E-state index in [1.165, 1.54) is 0 Å². The third-order valence-electron chi connectivity index (χ3n) is 6.44. The number of aromatic nitrogens is 2. The van der Waals surface area contributed by atoms with E-state index in [1.54, 1.807) is 4.68 Å². The van der Waals surface area contributed by atoms with Crippen molar-refractivity contribution in [3.63, 3.8) is 0 Å². The van der Waals surface area contributed by atoms with E-state index < -0.39 is 18.0 Å². The fraction of sp³-hybridized carbons (Fsp3) is 0.172. The van der Waals surface area contributed by atoms with Crippen LogP contribution in [0.4, 0.5) is 5.69 Å². The van der Waals surface area contributed by atoms with Crippen LogP contribution in [0.3, 0.4) is 0 Å². The molecule has 0 bridgehead atoms. The first-order valence-corrected chi connectivity index (χ1v) is 12.3. The van der Waals surface area contributed by atoms with Gasteiger partial charge in [-0.25, -0.2) is 9.67 Å². The minimum absolute atomic E-state index is 0.305. The molecule has 2 N–H and O–H groups in total. The molecule has 184 valence electrons. The number of aliphatic imine (C=N–C) groups is 1. The number of anilines is 1. The number of benzodiazepines with no additional fused rings is 1. The highest BCUT2D eigenvalue weighted by molar-refractivity contribution is 6.20. The fourth-order valence-electron chi connectivity index (χ4n) is 4.66. The number of nitrogens with one attached hydrogen (secondary N) is 2. The third kappa shape index (κ3) is 4.38. The zero-order valence-corrected chi connectivity index (χ0v) is 20.1. The number of rotatable bonds is 4. The molecular formula is C29H25N5O3. The first-order chi connectivity index (χ1) is 18.2. The number of aryl methyl sites for hydroxylation is 1. The number of carbonyl (C=O) groups excluding carboxylic acids is 2. The summed E-state index contributed by atoms with van der Waals surface area (Å²) in [7, 11) is 0. The van der Waals surface area contributed by atoms with Crippen molar-refractivity contribution in [2.75, 3.05) is 11.9 Å². The van der Waals surface area contributed by atoms with Crippen LogP contribution in [0.5, 0.6) is 5.88 Å². The van der Waals surface area contributed by atoms with Gasteiger partial charge in [0.25, 0.3) is 11.8 Å². The van der Waals surface area contributed by atoms with Gasteiger partial charge in [-0.15, -0.1) is 0 Å². The lowest BCUT2D eigenvalue weighted by Gasteiger charge is -2.14. The molecule has 0 spiro atoms. The fourth-order valence-corrected chi connectivity index (χ4v) is 4.66. The average Bonchev–Trinajstić information content (AvgIpc) is 3.05. The van der Waals surface area contributed by atoms with Crippen LogP contribution >= 0.6 is 0 Å².